The number of rotatable bonds is 6. The summed E-state index contributed by atoms with van der Waals surface area (Å²) in [4.78, 5) is 12.3. The molecule has 2 aromatic heterocycles. The fourth-order valence-electron chi connectivity index (χ4n) is 2.81. The molecule has 0 aliphatic rings. The number of anilines is 1. The Labute approximate surface area is 179 Å². The summed E-state index contributed by atoms with van der Waals surface area (Å²) >= 11 is 1.15. The van der Waals surface area contributed by atoms with E-state index in [1.165, 1.54) is 18.4 Å². The summed E-state index contributed by atoms with van der Waals surface area (Å²) in [5, 5.41) is 11.4. The molecule has 1 amide bonds. The first-order chi connectivity index (χ1) is 14.9. The molecule has 0 aliphatic carbocycles. The van der Waals surface area contributed by atoms with Gasteiger partial charge in [-0.15, -0.1) is 10.2 Å². The van der Waals surface area contributed by atoms with Gasteiger partial charge in [0.1, 0.15) is 0 Å². The monoisotopic (exact) mass is 444 g/mol. The molecular weight excluding hydrogens is 429 g/mol. The molecule has 4 aromatic rings. The summed E-state index contributed by atoms with van der Waals surface area (Å²) < 4.78 is 45.2. The average Bonchev–Trinajstić information content (AvgIpc) is 3.42. The molecule has 2 aromatic carbocycles. The summed E-state index contributed by atoms with van der Waals surface area (Å²) in [5.41, 5.74) is 0.297. The predicted molar refractivity (Wildman–Crippen MR) is 110 cm³/mol. The van der Waals surface area contributed by atoms with Gasteiger partial charge >= 0.3 is 6.18 Å². The second kappa shape index (κ2) is 8.68. The number of carbonyl (C=O) groups excluding carboxylic acids is 1. The molecule has 0 unspecified atom stereocenters. The van der Waals surface area contributed by atoms with Gasteiger partial charge in [-0.05, 0) is 48.5 Å². The zero-order valence-corrected chi connectivity index (χ0v) is 16.7. The van der Waals surface area contributed by atoms with Crippen molar-refractivity contribution < 1.29 is 22.4 Å². The Bertz CT molecular complexity index is 1160. The van der Waals surface area contributed by atoms with Crippen molar-refractivity contribution in [3.63, 3.8) is 0 Å². The van der Waals surface area contributed by atoms with Gasteiger partial charge in [-0.2, -0.15) is 13.2 Å². The standard InChI is InChI=1S/C21H15F3N4O2S/c22-21(23,24)14-8-10-15(11-9-14)25-18(29)13-31-20-27-26-19(17-7-4-12-30-17)28(20)16-5-2-1-3-6-16/h1-12H,13H2,(H,25,29). The minimum Gasteiger partial charge on any atom is -0.461 e. The van der Waals surface area contributed by atoms with Gasteiger partial charge in [0.15, 0.2) is 10.9 Å². The smallest absolute Gasteiger partial charge is 0.416 e. The number of nitrogens with one attached hydrogen (secondary N) is 1. The summed E-state index contributed by atoms with van der Waals surface area (Å²) in [6.07, 6.45) is -2.89. The van der Waals surface area contributed by atoms with E-state index in [1.807, 2.05) is 30.3 Å². The van der Waals surface area contributed by atoms with Gasteiger partial charge in [-0.25, -0.2) is 0 Å². The van der Waals surface area contributed by atoms with Gasteiger partial charge in [0.25, 0.3) is 0 Å². The Morgan fingerprint density at radius 3 is 2.39 bits per heavy atom. The number of furan rings is 1. The van der Waals surface area contributed by atoms with E-state index in [2.05, 4.69) is 15.5 Å². The van der Waals surface area contributed by atoms with Crippen LogP contribution in [-0.2, 0) is 11.0 Å². The van der Waals surface area contributed by atoms with Crippen LogP contribution in [0.1, 0.15) is 5.56 Å². The first-order valence-corrected chi connectivity index (χ1v) is 10.0. The number of para-hydroxylation sites is 1. The average molecular weight is 444 g/mol. The van der Waals surface area contributed by atoms with E-state index in [0.29, 0.717) is 16.7 Å². The molecule has 0 aliphatic heterocycles. The van der Waals surface area contributed by atoms with Gasteiger partial charge in [0, 0.05) is 11.4 Å². The summed E-state index contributed by atoms with van der Waals surface area (Å²) in [5.74, 6) is 0.621. The van der Waals surface area contributed by atoms with E-state index >= 15 is 0 Å². The largest absolute Gasteiger partial charge is 0.461 e. The fourth-order valence-corrected chi connectivity index (χ4v) is 3.56. The van der Waals surface area contributed by atoms with E-state index in [4.69, 9.17) is 4.42 Å². The molecule has 0 atom stereocenters. The summed E-state index contributed by atoms with van der Waals surface area (Å²) in [6, 6.07) is 17.1. The Kier molecular flexibility index (Phi) is 5.81. The molecule has 0 spiro atoms. The fraction of sp³-hybridized carbons (Fsp3) is 0.0952. The maximum absolute atomic E-state index is 12.7. The molecular formula is C21H15F3N4O2S. The third-order valence-corrected chi connectivity index (χ3v) is 5.15. The Morgan fingerprint density at radius 1 is 1.00 bits per heavy atom. The highest BCUT2D eigenvalue weighted by Crippen LogP contribution is 2.30. The lowest BCUT2D eigenvalue weighted by molar-refractivity contribution is -0.137. The molecule has 0 radical (unpaired) electrons. The first kappa shape index (κ1) is 20.7. The highest BCUT2D eigenvalue weighted by atomic mass is 32.2. The number of amides is 1. The van der Waals surface area contributed by atoms with Crippen LogP contribution in [0.5, 0.6) is 0 Å². The minimum absolute atomic E-state index is 0.00978. The molecule has 2 heterocycles. The van der Waals surface area contributed by atoms with E-state index in [0.717, 1.165) is 29.6 Å². The Hall–Kier alpha value is -3.53. The molecule has 1 N–H and O–H groups in total. The lowest BCUT2D eigenvalue weighted by Gasteiger charge is -2.10. The van der Waals surface area contributed by atoms with Crippen LogP contribution >= 0.6 is 11.8 Å². The molecule has 4 rings (SSSR count). The van der Waals surface area contributed by atoms with Crippen LogP contribution < -0.4 is 5.32 Å². The number of carbonyl (C=O) groups is 1. The second-order valence-corrected chi connectivity index (χ2v) is 7.31. The normalized spacial score (nSPS) is 11.5. The number of halogens is 3. The predicted octanol–water partition coefficient (Wildman–Crippen LogP) is 5.28. The summed E-state index contributed by atoms with van der Waals surface area (Å²) in [6.45, 7) is 0. The van der Waals surface area contributed by atoms with Crippen molar-refractivity contribution in [1.29, 1.82) is 0 Å². The van der Waals surface area contributed by atoms with Crippen molar-refractivity contribution in [2.24, 2.45) is 0 Å². The molecule has 0 bridgehead atoms. The zero-order valence-electron chi connectivity index (χ0n) is 15.8. The molecule has 6 nitrogen and oxygen atoms in total. The quantitative estimate of drug-likeness (QED) is 0.410. The maximum Gasteiger partial charge on any atom is 0.416 e. The topological polar surface area (TPSA) is 73.0 Å². The molecule has 0 saturated heterocycles. The van der Waals surface area contributed by atoms with Crippen LogP contribution in [-0.4, -0.2) is 26.4 Å². The minimum atomic E-state index is -4.42. The molecule has 0 saturated carbocycles. The van der Waals surface area contributed by atoms with Crippen molar-refractivity contribution in [3.05, 3.63) is 78.6 Å². The third-order valence-electron chi connectivity index (χ3n) is 4.22. The van der Waals surface area contributed by atoms with Gasteiger partial charge in [-0.3, -0.25) is 9.36 Å². The highest BCUT2D eigenvalue weighted by Gasteiger charge is 2.30. The third kappa shape index (κ3) is 4.80. The van der Waals surface area contributed by atoms with Crippen LogP contribution in [0.25, 0.3) is 17.3 Å². The SMILES string of the molecule is O=C(CSc1nnc(-c2ccco2)n1-c1ccccc1)Nc1ccc(C(F)(F)F)cc1. The Balaban J connectivity index is 1.49. The van der Waals surface area contributed by atoms with Gasteiger partial charge < -0.3 is 9.73 Å². The number of hydrogen-bond donors (Lipinski definition) is 1. The lowest BCUT2D eigenvalue weighted by Crippen LogP contribution is -2.15. The van der Waals surface area contributed by atoms with Gasteiger partial charge in [0.05, 0.1) is 17.6 Å². The molecule has 10 heteroatoms. The van der Waals surface area contributed by atoms with E-state index < -0.39 is 11.7 Å². The Morgan fingerprint density at radius 2 is 1.74 bits per heavy atom. The lowest BCUT2D eigenvalue weighted by atomic mass is 10.2. The van der Waals surface area contributed by atoms with Crippen molar-refractivity contribution in [3.8, 4) is 17.3 Å². The van der Waals surface area contributed by atoms with Crippen LogP contribution in [0, 0.1) is 0 Å². The first-order valence-electron chi connectivity index (χ1n) is 9.06. The van der Waals surface area contributed by atoms with Crippen molar-refractivity contribution in [2.75, 3.05) is 11.1 Å². The van der Waals surface area contributed by atoms with Crippen LogP contribution in [0.2, 0.25) is 0 Å². The number of thioether (sulfide) groups is 1. The van der Waals surface area contributed by atoms with Crippen molar-refractivity contribution in [1.82, 2.24) is 14.8 Å². The van der Waals surface area contributed by atoms with Crippen molar-refractivity contribution >= 4 is 23.4 Å². The second-order valence-electron chi connectivity index (χ2n) is 6.37. The summed E-state index contributed by atoms with van der Waals surface area (Å²) in [7, 11) is 0. The van der Waals surface area contributed by atoms with Crippen LogP contribution in [0.4, 0.5) is 18.9 Å². The van der Waals surface area contributed by atoms with Gasteiger partial charge in [-0.1, -0.05) is 30.0 Å². The number of alkyl halides is 3. The van der Waals surface area contributed by atoms with E-state index in [9.17, 15) is 18.0 Å². The molecule has 158 valence electrons. The molecule has 0 fully saturated rings. The number of nitrogens with zero attached hydrogens (tertiary/aromatic N) is 3. The van der Waals surface area contributed by atoms with Crippen molar-refractivity contribution in [2.45, 2.75) is 11.3 Å². The number of benzene rings is 2. The van der Waals surface area contributed by atoms with Crippen LogP contribution in [0.15, 0.2) is 82.6 Å². The maximum atomic E-state index is 12.7. The van der Waals surface area contributed by atoms with Crippen LogP contribution in [0.3, 0.4) is 0 Å². The molecule has 31 heavy (non-hydrogen) atoms. The zero-order chi connectivity index (χ0) is 21.8. The number of hydrogen-bond acceptors (Lipinski definition) is 5. The van der Waals surface area contributed by atoms with E-state index in [1.54, 1.807) is 16.7 Å². The number of aromatic nitrogens is 3. The van der Waals surface area contributed by atoms with Gasteiger partial charge in [0.2, 0.25) is 11.7 Å². The van der Waals surface area contributed by atoms with E-state index in [-0.39, 0.29) is 17.3 Å². The highest BCUT2D eigenvalue weighted by molar-refractivity contribution is 7.99.